The lowest BCUT2D eigenvalue weighted by Gasteiger charge is -2.21. The van der Waals surface area contributed by atoms with Crippen LogP contribution in [0.5, 0.6) is 0 Å². The zero-order valence-corrected chi connectivity index (χ0v) is 16.8. The summed E-state index contributed by atoms with van der Waals surface area (Å²) in [5, 5.41) is 16.4. The average molecular weight is 377 g/mol. The van der Waals surface area contributed by atoms with Gasteiger partial charge in [0.05, 0.1) is 18.3 Å². The summed E-state index contributed by atoms with van der Waals surface area (Å²) >= 11 is 0. The molecule has 0 amide bonds. The molecule has 0 saturated heterocycles. The van der Waals surface area contributed by atoms with Crippen LogP contribution in [-0.4, -0.2) is 32.7 Å². The monoisotopic (exact) mass is 377 g/mol. The molecule has 2 heterocycles. The maximum Gasteiger partial charge on any atom is 0.225 e. The Morgan fingerprint density at radius 3 is 2.43 bits per heavy atom. The molecule has 0 radical (unpaired) electrons. The molecule has 3 rings (SSSR count). The van der Waals surface area contributed by atoms with Crippen molar-refractivity contribution in [2.24, 2.45) is 5.92 Å². The van der Waals surface area contributed by atoms with Gasteiger partial charge in [-0.1, -0.05) is 26.0 Å². The summed E-state index contributed by atoms with van der Waals surface area (Å²) < 4.78 is 0. The van der Waals surface area contributed by atoms with Crippen LogP contribution in [0, 0.1) is 19.8 Å². The number of pyridine rings is 1. The van der Waals surface area contributed by atoms with Crippen molar-refractivity contribution in [3.8, 4) is 11.3 Å². The summed E-state index contributed by atoms with van der Waals surface area (Å²) in [5.41, 5.74) is 5.06. The first-order chi connectivity index (χ1) is 13.5. The molecule has 0 aliphatic rings. The van der Waals surface area contributed by atoms with Crippen molar-refractivity contribution in [2.45, 2.75) is 33.7 Å². The largest absolute Gasteiger partial charge is 0.394 e. The van der Waals surface area contributed by atoms with Crippen LogP contribution < -0.4 is 10.6 Å². The van der Waals surface area contributed by atoms with Crippen LogP contribution >= 0.6 is 0 Å². The number of nitrogens with one attached hydrogen (secondary N) is 2. The molecule has 6 heteroatoms. The number of aliphatic hydroxyl groups excluding tert-OH is 1. The Labute approximate surface area is 166 Å². The number of hydrogen-bond donors (Lipinski definition) is 3. The van der Waals surface area contributed by atoms with Gasteiger partial charge in [0.2, 0.25) is 5.95 Å². The minimum Gasteiger partial charge on any atom is -0.394 e. The number of hydrogen-bond acceptors (Lipinski definition) is 6. The first-order valence-corrected chi connectivity index (χ1v) is 9.47. The molecule has 0 aliphatic carbocycles. The van der Waals surface area contributed by atoms with Crippen LogP contribution in [0.25, 0.3) is 11.3 Å². The molecule has 0 saturated carbocycles. The highest BCUT2D eigenvalue weighted by Crippen LogP contribution is 2.26. The van der Waals surface area contributed by atoms with Crippen molar-refractivity contribution in [3.63, 3.8) is 0 Å². The van der Waals surface area contributed by atoms with Crippen molar-refractivity contribution >= 4 is 17.5 Å². The highest BCUT2D eigenvalue weighted by atomic mass is 16.3. The molecule has 1 aromatic carbocycles. The van der Waals surface area contributed by atoms with Crippen LogP contribution in [-0.2, 0) is 0 Å². The third kappa shape index (κ3) is 4.84. The van der Waals surface area contributed by atoms with E-state index in [1.54, 1.807) is 12.4 Å². The number of nitrogens with zero attached hydrogens (tertiary/aromatic N) is 3. The molecule has 6 nitrogen and oxygen atoms in total. The number of benzene rings is 1. The van der Waals surface area contributed by atoms with Gasteiger partial charge < -0.3 is 15.7 Å². The molecule has 0 bridgehead atoms. The Kier molecular flexibility index (Phi) is 6.21. The van der Waals surface area contributed by atoms with Gasteiger partial charge >= 0.3 is 0 Å². The van der Waals surface area contributed by atoms with E-state index in [1.165, 1.54) is 5.56 Å². The molecule has 0 fully saturated rings. The van der Waals surface area contributed by atoms with E-state index < -0.39 is 0 Å². The smallest absolute Gasteiger partial charge is 0.225 e. The van der Waals surface area contributed by atoms with E-state index in [2.05, 4.69) is 71.5 Å². The van der Waals surface area contributed by atoms with E-state index in [0.29, 0.717) is 11.8 Å². The molecule has 146 valence electrons. The Morgan fingerprint density at radius 2 is 1.75 bits per heavy atom. The predicted molar refractivity (Wildman–Crippen MR) is 114 cm³/mol. The topological polar surface area (TPSA) is 83.0 Å². The fourth-order valence-corrected chi connectivity index (χ4v) is 2.84. The van der Waals surface area contributed by atoms with Gasteiger partial charge in [-0.25, -0.2) is 4.98 Å². The van der Waals surface area contributed by atoms with E-state index in [-0.39, 0.29) is 18.6 Å². The van der Waals surface area contributed by atoms with Crippen LogP contribution in [0.1, 0.15) is 25.0 Å². The maximum atomic E-state index is 9.67. The van der Waals surface area contributed by atoms with Gasteiger partial charge in [-0.15, -0.1) is 0 Å². The molecule has 28 heavy (non-hydrogen) atoms. The number of aliphatic hydroxyl groups is 1. The van der Waals surface area contributed by atoms with Crippen LogP contribution in [0.15, 0.2) is 48.8 Å². The molecule has 3 aromatic rings. The Balaban J connectivity index is 2.00. The molecule has 3 N–H and O–H groups in total. The lowest BCUT2D eigenvalue weighted by atomic mass is 10.1. The quantitative estimate of drug-likeness (QED) is 0.568. The minimum atomic E-state index is -0.124. The van der Waals surface area contributed by atoms with Crippen LogP contribution in [0.3, 0.4) is 0 Å². The zero-order valence-electron chi connectivity index (χ0n) is 16.8. The second-order valence-electron chi connectivity index (χ2n) is 7.32. The summed E-state index contributed by atoms with van der Waals surface area (Å²) in [5.74, 6) is 1.42. The Hall–Kier alpha value is -2.99. The minimum absolute atomic E-state index is 0.0141. The molecular formula is C22H27N5O. The average Bonchev–Trinajstić information content (AvgIpc) is 2.69. The fourth-order valence-electron chi connectivity index (χ4n) is 2.84. The fraction of sp³-hybridized carbons (Fsp3) is 0.318. The molecule has 1 atom stereocenters. The van der Waals surface area contributed by atoms with Crippen LogP contribution in [0.4, 0.5) is 17.5 Å². The van der Waals surface area contributed by atoms with Crippen molar-refractivity contribution in [1.82, 2.24) is 15.0 Å². The number of aryl methyl sites for hydroxylation is 2. The summed E-state index contributed by atoms with van der Waals surface area (Å²) in [7, 11) is 0. The van der Waals surface area contributed by atoms with Crippen molar-refractivity contribution in [3.05, 3.63) is 59.9 Å². The Bertz CT molecular complexity index is 927. The van der Waals surface area contributed by atoms with Crippen molar-refractivity contribution < 1.29 is 5.11 Å². The van der Waals surface area contributed by atoms with E-state index in [9.17, 15) is 5.11 Å². The SMILES string of the molecule is Cc1ccc(C)c(Nc2cc(-c3ccncc3)nc(N[C@@H](CO)C(C)C)n2)c1. The Morgan fingerprint density at radius 1 is 1.00 bits per heavy atom. The first-order valence-electron chi connectivity index (χ1n) is 9.47. The highest BCUT2D eigenvalue weighted by molar-refractivity contribution is 5.68. The number of anilines is 3. The van der Waals surface area contributed by atoms with Crippen molar-refractivity contribution in [2.75, 3.05) is 17.2 Å². The number of aromatic nitrogens is 3. The third-order valence-electron chi connectivity index (χ3n) is 4.67. The first kappa shape index (κ1) is 19.8. The van der Waals surface area contributed by atoms with Gasteiger partial charge in [0, 0.05) is 29.7 Å². The molecular weight excluding hydrogens is 350 g/mol. The third-order valence-corrected chi connectivity index (χ3v) is 4.67. The van der Waals surface area contributed by atoms with E-state index >= 15 is 0 Å². The number of rotatable bonds is 7. The standard InChI is InChI=1S/C22H27N5O/c1-14(2)20(13-28)26-22-25-19(17-7-9-23-10-8-17)12-21(27-22)24-18-11-15(3)5-6-16(18)4/h5-12,14,20,28H,13H2,1-4H3,(H2,24,25,26,27)/t20-/m0/s1. The molecule has 0 aliphatic heterocycles. The van der Waals surface area contributed by atoms with Gasteiger partial charge in [0.25, 0.3) is 0 Å². The zero-order chi connectivity index (χ0) is 20.1. The lowest BCUT2D eigenvalue weighted by molar-refractivity contribution is 0.248. The molecule has 0 spiro atoms. The predicted octanol–water partition coefficient (Wildman–Crippen LogP) is 4.33. The van der Waals surface area contributed by atoms with E-state index in [0.717, 1.165) is 22.5 Å². The van der Waals surface area contributed by atoms with E-state index in [4.69, 9.17) is 0 Å². The second kappa shape index (κ2) is 8.80. The highest BCUT2D eigenvalue weighted by Gasteiger charge is 2.15. The molecule has 2 aromatic heterocycles. The second-order valence-corrected chi connectivity index (χ2v) is 7.32. The van der Waals surface area contributed by atoms with Gasteiger partial charge in [0.15, 0.2) is 0 Å². The van der Waals surface area contributed by atoms with Gasteiger partial charge in [-0.2, -0.15) is 4.98 Å². The van der Waals surface area contributed by atoms with Crippen LogP contribution in [0.2, 0.25) is 0 Å². The van der Waals surface area contributed by atoms with Crippen molar-refractivity contribution in [1.29, 1.82) is 0 Å². The summed E-state index contributed by atoms with van der Waals surface area (Å²) in [4.78, 5) is 13.4. The summed E-state index contributed by atoms with van der Waals surface area (Å²) in [6, 6.07) is 11.9. The lowest BCUT2D eigenvalue weighted by Crippen LogP contribution is -2.30. The maximum absolute atomic E-state index is 9.67. The normalized spacial score (nSPS) is 12.1. The summed E-state index contributed by atoms with van der Waals surface area (Å²) in [6.45, 7) is 8.24. The summed E-state index contributed by atoms with van der Waals surface area (Å²) in [6.07, 6.45) is 3.49. The van der Waals surface area contributed by atoms with Gasteiger partial charge in [0.1, 0.15) is 5.82 Å². The molecule has 0 unspecified atom stereocenters. The van der Waals surface area contributed by atoms with Gasteiger partial charge in [-0.3, -0.25) is 4.98 Å². The van der Waals surface area contributed by atoms with E-state index in [1.807, 2.05) is 18.2 Å². The van der Waals surface area contributed by atoms with Gasteiger partial charge in [-0.05, 0) is 49.1 Å².